The number of hydrogen-bond donors (Lipinski definition) is 1. The van der Waals surface area contributed by atoms with Crippen molar-refractivity contribution >= 4 is 30.6 Å². The summed E-state index contributed by atoms with van der Waals surface area (Å²) in [6, 6.07) is 20.0. The van der Waals surface area contributed by atoms with Crippen molar-refractivity contribution in [2.24, 2.45) is 11.7 Å². The quantitative estimate of drug-likeness (QED) is 0.732. The number of benzene rings is 2. The number of Topliss-reactive ketones (excluding diaryl/α,β-unsaturated/α-hetero) is 1. The maximum Gasteiger partial charge on any atom is 0.166 e. The second kappa shape index (κ2) is 11.3. The van der Waals surface area contributed by atoms with Crippen LogP contribution in [0.3, 0.4) is 0 Å². The predicted molar refractivity (Wildman–Crippen MR) is 112 cm³/mol. The van der Waals surface area contributed by atoms with Crippen molar-refractivity contribution in [2.75, 3.05) is 19.6 Å². The molecule has 3 rings (SSSR count). The molecule has 1 aliphatic heterocycles. The van der Waals surface area contributed by atoms with E-state index in [0.717, 1.165) is 44.5 Å². The van der Waals surface area contributed by atoms with E-state index in [1.807, 2.05) is 48.5 Å². The maximum atomic E-state index is 12.5. The Kier molecular flexibility index (Phi) is 9.89. The van der Waals surface area contributed by atoms with Crippen molar-refractivity contribution in [2.45, 2.75) is 25.3 Å². The molecule has 3 nitrogen and oxygen atoms in total. The van der Waals surface area contributed by atoms with Crippen LogP contribution in [0.2, 0.25) is 0 Å². The smallest absolute Gasteiger partial charge is 0.166 e. The molecule has 0 saturated carbocycles. The van der Waals surface area contributed by atoms with Crippen molar-refractivity contribution in [1.29, 1.82) is 0 Å². The molecule has 1 fully saturated rings. The third kappa shape index (κ3) is 6.10. The molecule has 1 atom stereocenters. The number of carbonyl (C=O) groups is 1. The first-order chi connectivity index (χ1) is 11.7. The van der Waals surface area contributed by atoms with Gasteiger partial charge in [0.05, 0.1) is 0 Å². The Bertz CT molecular complexity index is 644. The molecule has 0 radical (unpaired) electrons. The normalized spacial score (nSPS) is 16.2. The minimum atomic E-state index is 0. The molecular weight excluding hydrogens is 367 g/mol. The molecule has 2 N–H and O–H groups in total. The van der Waals surface area contributed by atoms with Gasteiger partial charge in [-0.05, 0) is 44.5 Å². The summed E-state index contributed by atoms with van der Waals surface area (Å²) in [4.78, 5) is 15.0. The van der Waals surface area contributed by atoms with Gasteiger partial charge in [0.25, 0.3) is 0 Å². The summed E-state index contributed by atoms with van der Waals surface area (Å²) in [6.45, 7) is 2.98. The van der Waals surface area contributed by atoms with Crippen molar-refractivity contribution < 1.29 is 4.79 Å². The second-order valence-corrected chi connectivity index (χ2v) is 6.65. The zero-order chi connectivity index (χ0) is 16.8. The number of carbonyl (C=O) groups excluding carboxylic acids is 1. The van der Waals surface area contributed by atoms with Gasteiger partial charge in [-0.3, -0.25) is 4.79 Å². The Morgan fingerprint density at radius 1 is 0.962 bits per heavy atom. The SMILES string of the molecule is Cl.Cl.NC(CCN1CCC(C(=O)c2ccccc2)CC1)c1ccccc1. The first-order valence-corrected chi connectivity index (χ1v) is 8.86. The van der Waals surface area contributed by atoms with Gasteiger partial charge in [-0.1, -0.05) is 60.7 Å². The van der Waals surface area contributed by atoms with Crippen molar-refractivity contribution in [3.05, 3.63) is 71.8 Å². The number of halogens is 2. The monoisotopic (exact) mass is 394 g/mol. The summed E-state index contributed by atoms with van der Waals surface area (Å²) in [5.41, 5.74) is 8.33. The fraction of sp³-hybridized carbons (Fsp3) is 0.381. The summed E-state index contributed by atoms with van der Waals surface area (Å²) in [5.74, 6) is 0.475. The summed E-state index contributed by atoms with van der Waals surface area (Å²) >= 11 is 0. The van der Waals surface area contributed by atoms with Crippen LogP contribution in [-0.4, -0.2) is 30.3 Å². The fourth-order valence-electron chi connectivity index (χ4n) is 3.45. The number of rotatable bonds is 6. The van der Waals surface area contributed by atoms with E-state index >= 15 is 0 Å². The van der Waals surface area contributed by atoms with E-state index in [-0.39, 0.29) is 36.8 Å². The molecule has 1 saturated heterocycles. The lowest BCUT2D eigenvalue weighted by Crippen LogP contribution is -2.37. The molecule has 2 aromatic rings. The van der Waals surface area contributed by atoms with E-state index in [1.165, 1.54) is 5.56 Å². The number of likely N-dealkylation sites (tertiary alicyclic amines) is 1. The van der Waals surface area contributed by atoms with Crippen LogP contribution in [0.15, 0.2) is 60.7 Å². The summed E-state index contributed by atoms with van der Waals surface area (Å²) in [5, 5.41) is 0. The van der Waals surface area contributed by atoms with Gasteiger partial charge in [-0.15, -0.1) is 24.8 Å². The van der Waals surface area contributed by atoms with E-state index in [4.69, 9.17) is 5.73 Å². The number of nitrogens with two attached hydrogens (primary N) is 1. The molecular formula is C21H28Cl2N2O. The molecule has 0 aliphatic carbocycles. The Balaban J connectivity index is 0.00000169. The van der Waals surface area contributed by atoms with Crippen LogP contribution in [0.4, 0.5) is 0 Å². The summed E-state index contributed by atoms with van der Waals surface area (Å²) in [6.07, 6.45) is 2.86. The second-order valence-electron chi connectivity index (χ2n) is 6.65. The zero-order valence-electron chi connectivity index (χ0n) is 14.9. The van der Waals surface area contributed by atoms with Crippen molar-refractivity contribution in [3.8, 4) is 0 Å². The highest BCUT2D eigenvalue weighted by atomic mass is 35.5. The van der Waals surface area contributed by atoms with Crippen LogP contribution in [0, 0.1) is 5.92 Å². The minimum absolute atomic E-state index is 0. The number of nitrogens with zero attached hydrogens (tertiary/aromatic N) is 1. The highest BCUT2D eigenvalue weighted by Crippen LogP contribution is 2.23. The van der Waals surface area contributed by atoms with Gasteiger partial charge in [0.1, 0.15) is 0 Å². The van der Waals surface area contributed by atoms with Crippen molar-refractivity contribution in [3.63, 3.8) is 0 Å². The van der Waals surface area contributed by atoms with E-state index in [9.17, 15) is 4.79 Å². The average molecular weight is 395 g/mol. The lowest BCUT2D eigenvalue weighted by Gasteiger charge is -2.32. The van der Waals surface area contributed by atoms with E-state index in [2.05, 4.69) is 17.0 Å². The van der Waals surface area contributed by atoms with E-state index in [1.54, 1.807) is 0 Å². The number of hydrogen-bond acceptors (Lipinski definition) is 3. The van der Waals surface area contributed by atoms with Gasteiger partial charge in [0.2, 0.25) is 0 Å². The van der Waals surface area contributed by atoms with Gasteiger partial charge in [0.15, 0.2) is 5.78 Å². The molecule has 0 spiro atoms. The standard InChI is InChI=1S/C21H26N2O.2ClH/c22-20(17-7-3-1-4-8-17)13-16-23-14-11-19(12-15-23)21(24)18-9-5-2-6-10-18;;/h1-10,19-20H,11-16,22H2;2*1H. The third-order valence-corrected chi connectivity index (χ3v) is 5.00. The lowest BCUT2D eigenvalue weighted by atomic mass is 9.89. The van der Waals surface area contributed by atoms with Gasteiger partial charge in [-0.25, -0.2) is 0 Å². The Morgan fingerprint density at radius 3 is 2.08 bits per heavy atom. The molecule has 1 aliphatic rings. The summed E-state index contributed by atoms with van der Waals surface area (Å²) in [7, 11) is 0. The zero-order valence-corrected chi connectivity index (χ0v) is 16.6. The number of ketones is 1. The third-order valence-electron chi connectivity index (χ3n) is 5.00. The molecule has 5 heteroatoms. The predicted octanol–water partition coefficient (Wildman–Crippen LogP) is 4.52. The van der Waals surface area contributed by atoms with Crippen LogP contribution in [-0.2, 0) is 0 Å². The van der Waals surface area contributed by atoms with Crippen LogP contribution >= 0.6 is 24.8 Å². The molecule has 26 heavy (non-hydrogen) atoms. The Hall–Kier alpha value is -1.39. The van der Waals surface area contributed by atoms with Crippen LogP contribution in [0.25, 0.3) is 0 Å². The Labute approximate surface area is 168 Å². The van der Waals surface area contributed by atoms with Gasteiger partial charge >= 0.3 is 0 Å². The molecule has 1 heterocycles. The van der Waals surface area contributed by atoms with Crippen molar-refractivity contribution in [1.82, 2.24) is 4.90 Å². The van der Waals surface area contributed by atoms with Crippen LogP contribution in [0.1, 0.15) is 41.2 Å². The Morgan fingerprint density at radius 2 is 1.50 bits per heavy atom. The van der Waals surface area contributed by atoms with Gasteiger partial charge in [0, 0.05) is 17.5 Å². The van der Waals surface area contributed by atoms with Crippen LogP contribution in [0.5, 0.6) is 0 Å². The molecule has 142 valence electrons. The average Bonchev–Trinajstić information content (AvgIpc) is 2.67. The first kappa shape index (κ1) is 22.7. The van der Waals surface area contributed by atoms with E-state index < -0.39 is 0 Å². The molecule has 0 aromatic heterocycles. The lowest BCUT2D eigenvalue weighted by molar-refractivity contribution is 0.0838. The molecule has 2 aromatic carbocycles. The highest BCUT2D eigenvalue weighted by Gasteiger charge is 2.25. The first-order valence-electron chi connectivity index (χ1n) is 8.86. The van der Waals surface area contributed by atoms with E-state index in [0.29, 0.717) is 5.78 Å². The van der Waals surface area contributed by atoms with Gasteiger partial charge in [-0.2, -0.15) is 0 Å². The van der Waals surface area contributed by atoms with Crippen LogP contribution < -0.4 is 5.73 Å². The highest BCUT2D eigenvalue weighted by molar-refractivity contribution is 5.97. The molecule has 1 unspecified atom stereocenters. The molecule has 0 amide bonds. The summed E-state index contributed by atoms with van der Waals surface area (Å²) < 4.78 is 0. The fourth-order valence-corrected chi connectivity index (χ4v) is 3.45. The largest absolute Gasteiger partial charge is 0.324 e. The molecule has 0 bridgehead atoms. The maximum absolute atomic E-state index is 12.5. The van der Waals surface area contributed by atoms with Gasteiger partial charge < -0.3 is 10.6 Å². The number of piperidine rings is 1. The topological polar surface area (TPSA) is 46.3 Å². The minimum Gasteiger partial charge on any atom is -0.324 e.